The molecule has 20 heavy (non-hydrogen) atoms. The number of thiophene rings is 1. The van der Waals surface area contributed by atoms with Gasteiger partial charge >= 0.3 is 0 Å². The van der Waals surface area contributed by atoms with Crippen LogP contribution in [0, 0.1) is 5.92 Å². The summed E-state index contributed by atoms with van der Waals surface area (Å²) in [7, 11) is 1.65. The number of nitrogen functional groups attached to an aromatic ring is 1. The number of benzene rings is 1. The Morgan fingerprint density at radius 1 is 1.55 bits per heavy atom. The van der Waals surface area contributed by atoms with Gasteiger partial charge in [0.25, 0.3) is 5.91 Å². The van der Waals surface area contributed by atoms with Gasteiger partial charge in [-0.15, -0.1) is 11.3 Å². The van der Waals surface area contributed by atoms with Gasteiger partial charge in [-0.2, -0.15) is 0 Å². The molecule has 1 heterocycles. The molecule has 1 atom stereocenters. The lowest BCUT2D eigenvalue weighted by atomic mass is 10.2. The van der Waals surface area contributed by atoms with Gasteiger partial charge in [0.2, 0.25) is 0 Å². The SMILES string of the molecule is COCC(C)CNC(=O)c1sc2ccc(Br)cc2c1N. The highest BCUT2D eigenvalue weighted by atomic mass is 79.9. The van der Waals surface area contributed by atoms with Crippen LogP contribution in [0.5, 0.6) is 0 Å². The Labute approximate surface area is 130 Å². The number of rotatable bonds is 5. The summed E-state index contributed by atoms with van der Waals surface area (Å²) in [5, 5.41) is 3.82. The molecule has 0 aliphatic carbocycles. The molecule has 1 aromatic heterocycles. The number of fused-ring (bicyclic) bond motifs is 1. The van der Waals surface area contributed by atoms with Gasteiger partial charge in [0.15, 0.2) is 0 Å². The van der Waals surface area contributed by atoms with Gasteiger partial charge in [0.1, 0.15) is 4.88 Å². The van der Waals surface area contributed by atoms with Crippen LogP contribution in [0.15, 0.2) is 22.7 Å². The van der Waals surface area contributed by atoms with Crippen molar-refractivity contribution in [2.24, 2.45) is 5.92 Å². The molecule has 4 nitrogen and oxygen atoms in total. The Bertz CT molecular complexity index is 627. The molecule has 108 valence electrons. The van der Waals surface area contributed by atoms with Crippen molar-refractivity contribution < 1.29 is 9.53 Å². The second-order valence-electron chi connectivity index (χ2n) is 4.76. The van der Waals surface area contributed by atoms with Crippen LogP contribution in [0.4, 0.5) is 5.69 Å². The molecule has 2 rings (SSSR count). The molecule has 6 heteroatoms. The number of hydrogen-bond acceptors (Lipinski definition) is 4. The lowest BCUT2D eigenvalue weighted by Gasteiger charge is -2.10. The maximum Gasteiger partial charge on any atom is 0.263 e. The summed E-state index contributed by atoms with van der Waals surface area (Å²) in [5.74, 6) is 0.150. The third-order valence-corrected chi connectivity index (χ3v) is 4.64. The summed E-state index contributed by atoms with van der Waals surface area (Å²) < 4.78 is 7.02. The van der Waals surface area contributed by atoms with Gasteiger partial charge < -0.3 is 15.8 Å². The fourth-order valence-corrected chi connectivity index (χ4v) is 3.33. The van der Waals surface area contributed by atoms with Gasteiger partial charge in [-0.25, -0.2) is 0 Å². The van der Waals surface area contributed by atoms with Crippen molar-refractivity contribution in [3.05, 3.63) is 27.5 Å². The van der Waals surface area contributed by atoms with E-state index < -0.39 is 0 Å². The number of ether oxygens (including phenoxy) is 1. The van der Waals surface area contributed by atoms with Gasteiger partial charge in [-0.05, 0) is 24.1 Å². The second kappa shape index (κ2) is 6.56. The number of halogens is 1. The molecule has 1 unspecified atom stereocenters. The minimum atomic E-state index is -0.122. The van der Waals surface area contributed by atoms with Crippen molar-refractivity contribution in [1.29, 1.82) is 0 Å². The molecule has 1 aromatic carbocycles. The third kappa shape index (κ3) is 3.31. The topological polar surface area (TPSA) is 64.3 Å². The summed E-state index contributed by atoms with van der Waals surface area (Å²) in [6, 6.07) is 5.84. The first-order chi connectivity index (χ1) is 9.52. The fourth-order valence-electron chi connectivity index (χ4n) is 1.95. The highest BCUT2D eigenvalue weighted by molar-refractivity contribution is 9.10. The predicted molar refractivity (Wildman–Crippen MR) is 87.3 cm³/mol. The second-order valence-corrected chi connectivity index (χ2v) is 6.72. The number of anilines is 1. The van der Waals surface area contributed by atoms with E-state index in [9.17, 15) is 4.79 Å². The van der Waals surface area contributed by atoms with Gasteiger partial charge in [-0.3, -0.25) is 4.79 Å². The summed E-state index contributed by atoms with van der Waals surface area (Å²) in [4.78, 5) is 12.8. The zero-order valence-electron chi connectivity index (χ0n) is 11.4. The predicted octanol–water partition coefficient (Wildman–Crippen LogP) is 3.26. The van der Waals surface area contributed by atoms with Crippen LogP contribution in [-0.4, -0.2) is 26.2 Å². The molecule has 0 aliphatic rings. The van der Waals surface area contributed by atoms with Gasteiger partial charge in [0, 0.05) is 28.2 Å². The lowest BCUT2D eigenvalue weighted by Crippen LogP contribution is -2.29. The largest absolute Gasteiger partial charge is 0.397 e. The summed E-state index contributed by atoms with van der Waals surface area (Å²) >= 11 is 4.83. The number of amides is 1. The van der Waals surface area contributed by atoms with E-state index in [-0.39, 0.29) is 11.8 Å². The maximum atomic E-state index is 12.2. The molecular formula is C14H17BrN2O2S. The van der Waals surface area contributed by atoms with E-state index in [4.69, 9.17) is 10.5 Å². The monoisotopic (exact) mass is 356 g/mol. The molecular weight excluding hydrogens is 340 g/mol. The smallest absolute Gasteiger partial charge is 0.263 e. The number of carbonyl (C=O) groups excluding carboxylic acids is 1. The molecule has 0 aliphatic heterocycles. The average molecular weight is 357 g/mol. The highest BCUT2D eigenvalue weighted by Gasteiger charge is 2.16. The zero-order valence-corrected chi connectivity index (χ0v) is 13.8. The molecule has 0 bridgehead atoms. The van der Waals surface area contributed by atoms with Crippen molar-refractivity contribution in [3.63, 3.8) is 0 Å². The number of nitrogens with two attached hydrogens (primary N) is 1. The fraction of sp³-hybridized carbons (Fsp3) is 0.357. The van der Waals surface area contributed by atoms with E-state index in [0.717, 1.165) is 14.6 Å². The van der Waals surface area contributed by atoms with Gasteiger partial charge in [-0.1, -0.05) is 22.9 Å². The minimum Gasteiger partial charge on any atom is -0.397 e. The Kier molecular flexibility index (Phi) is 5.01. The van der Waals surface area contributed by atoms with E-state index in [1.807, 2.05) is 25.1 Å². The zero-order chi connectivity index (χ0) is 14.7. The van der Waals surface area contributed by atoms with Crippen LogP contribution in [0.3, 0.4) is 0 Å². The first kappa shape index (κ1) is 15.3. The van der Waals surface area contributed by atoms with E-state index >= 15 is 0 Å². The van der Waals surface area contributed by atoms with Crippen LogP contribution >= 0.6 is 27.3 Å². The van der Waals surface area contributed by atoms with Gasteiger partial charge in [0.05, 0.1) is 12.3 Å². The quantitative estimate of drug-likeness (QED) is 0.863. The van der Waals surface area contributed by atoms with Crippen LogP contribution in [0.25, 0.3) is 10.1 Å². The lowest BCUT2D eigenvalue weighted by molar-refractivity contribution is 0.0939. The van der Waals surface area contributed by atoms with Crippen molar-refractivity contribution >= 4 is 48.9 Å². The van der Waals surface area contributed by atoms with Crippen LogP contribution < -0.4 is 11.1 Å². The highest BCUT2D eigenvalue weighted by Crippen LogP contribution is 2.35. The molecule has 1 amide bonds. The van der Waals surface area contributed by atoms with Crippen LogP contribution in [0.2, 0.25) is 0 Å². The Morgan fingerprint density at radius 3 is 3.00 bits per heavy atom. The maximum absolute atomic E-state index is 12.2. The summed E-state index contributed by atoms with van der Waals surface area (Å²) in [6.45, 7) is 3.22. The van der Waals surface area contributed by atoms with Crippen LogP contribution in [0.1, 0.15) is 16.6 Å². The van der Waals surface area contributed by atoms with E-state index in [0.29, 0.717) is 23.7 Å². The third-order valence-electron chi connectivity index (χ3n) is 2.96. The normalized spacial score (nSPS) is 12.6. The average Bonchev–Trinajstić information content (AvgIpc) is 2.74. The van der Waals surface area contributed by atoms with Crippen LogP contribution in [-0.2, 0) is 4.74 Å². The standard InChI is InChI=1S/C14H17BrN2O2S/c1-8(7-19-2)6-17-14(18)13-12(16)10-5-9(15)3-4-11(10)20-13/h3-5,8H,6-7,16H2,1-2H3,(H,17,18). The number of nitrogens with one attached hydrogen (secondary N) is 1. The van der Waals surface area contributed by atoms with E-state index in [1.165, 1.54) is 11.3 Å². The molecule has 2 aromatic rings. The molecule has 3 N–H and O–H groups in total. The van der Waals surface area contributed by atoms with Crippen molar-refractivity contribution in [3.8, 4) is 0 Å². The summed E-state index contributed by atoms with van der Waals surface area (Å²) in [5.41, 5.74) is 6.62. The molecule has 0 saturated carbocycles. The van der Waals surface area contributed by atoms with Crippen molar-refractivity contribution in [2.45, 2.75) is 6.92 Å². The molecule has 0 saturated heterocycles. The Morgan fingerprint density at radius 2 is 2.30 bits per heavy atom. The molecule has 0 spiro atoms. The number of methoxy groups -OCH3 is 1. The molecule has 0 radical (unpaired) electrons. The van der Waals surface area contributed by atoms with E-state index in [2.05, 4.69) is 21.2 Å². The molecule has 0 fully saturated rings. The number of carbonyl (C=O) groups is 1. The summed E-state index contributed by atoms with van der Waals surface area (Å²) in [6.07, 6.45) is 0. The van der Waals surface area contributed by atoms with Crippen molar-refractivity contribution in [2.75, 3.05) is 26.0 Å². The Hall–Kier alpha value is -1.11. The Balaban J connectivity index is 2.16. The van der Waals surface area contributed by atoms with Crippen molar-refractivity contribution in [1.82, 2.24) is 5.32 Å². The first-order valence-corrected chi connectivity index (χ1v) is 7.88. The first-order valence-electron chi connectivity index (χ1n) is 6.27. The van der Waals surface area contributed by atoms with E-state index in [1.54, 1.807) is 7.11 Å². The minimum absolute atomic E-state index is 0.122. The number of hydrogen-bond donors (Lipinski definition) is 2.